The zero-order chi connectivity index (χ0) is 20.4. The van der Waals surface area contributed by atoms with E-state index in [0.29, 0.717) is 0 Å². The van der Waals surface area contributed by atoms with Crippen LogP contribution in [-0.2, 0) is 0 Å². The number of anilines is 1. The lowest BCUT2D eigenvalue weighted by atomic mass is 10.0. The lowest BCUT2D eigenvalue weighted by Gasteiger charge is -2.23. The molecular weight excluding hydrogens is 400 g/mol. The van der Waals surface area contributed by atoms with E-state index in [4.69, 9.17) is 11.6 Å². The molecule has 1 atom stereocenters. The van der Waals surface area contributed by atoms with Crippen LogP contribution in [-0.4, -0.2) is 30.6 Å². The highest BCUT2D eigenvalue weighted by Crippen LogP contribution is 2.36. The number of aryl methyl sites for hydroxylation is 1. The minimum Gasteiger partial charge on any atom is -0.363 e. The fraction of sp³-hybridized carbons (Fsp3) is 0.217. The molecule has 2 N–H and O–H groups in total. The summed E-state index contributed by atoms with van der Waals surface area (Å²) >= 11 is 8.12. The molecule has 2 aromatic carbocycles. The summed E-state index contributed by atoms with van der Waals surface area (Å²) in [5.41, 5.74) is 4.73. The first-order valence-corrected chi connectivity index (χ1v) is 10.9. The van der Waals surface area contributed by atoms with Gasteiger partial charge in [0.1, 0.15) is 23.0 Å². The maximum atomic E-state index is 6.48. The van der Waals surface area contributed by atoms with Crippen molar-refractivity contribution in [2.75, 3.05) is 26.0 Å². The number of thiophene rings is 1. The van der Waals surface area contributed by atoms with Gasteiger partial charge in [0, 0.05) is 21.5 Å². The predicted molar refractivity (Wildman–Crippen MR) is 123 cm³/mol. The first-order chi connectivity index (χ1) is 14.0. The third kappa shape index (κ3) is 4.13. The van der Waals surface area contributed by atoms with Crippen molar-refractivity contribution in [3.05, 3.63) is 76.4 Å². The van der Waals surface area contributed by atoms with E-state index >= 15 is 0 Å². The Balaban J connectivity index is 1.68. The van der Waals surface area contributed by atoms with Crippen molar-refractivity contribution >= 4 is 39.0 Å². The molecule has 4 rings (SSSR count). The summed E-state index contributed by atoms with van der Waals surface area (Å²) < 4.78 is 0. The van der Waals surface area contributed by atoms with Crippen LogP contribution in [0.1, 0.15) is 17.2 Å². The number of rotatable bonds is 6. The maximum absolute atomic E-state index is 6.48. The third-order valence-corrected chi connectivity index (χ3v) is 6.41. The van der Waals surface area contributed by atoms with Gasteiger partial charge in [0.15, 0.2) is 0 Å². The Bertz CT molecular complexity index is 1120. The number of likely N-dealkylation sites (N-methyl/N-ethyl adjacent to an activating group) is 1. The molecule has 0 amide bonds. The van der Waals surface area contributed by atoms with Gasteiger partial charge in [-0.1, -0.05) is 59.6 Å². The highest BCUT2D eigenvalue weighted by atomic mass is 35.5. The number of aromatic nitrogens is 2. The normalized spacial score (nSPS) is 12.4. The molecule has 0 spiro atoms. The van der Waals surface area contributed by atoms with Gasteiger partial charge in [-0.25, -0.2) is 9.97 Å². The van der Waals surface area contributed by atoms with Crippen LogP contribution in [0.3, 0.4) is 0 Å². The molecule has 0 bridgehead atoms. The summed E-state index contributed by atoms with van der Waals surface area (Å²) in [6.07, 6.45) is 1.63. The van der Waals surface area contributed by atoms with Crippen LogP contribution in [0, 0.1) is 6.92 Å². The molecule has 148 valence electrons. The highest BCUT2D eigenvalue weighted by Gasteiger charge is 2.21. The van der Waals surface area contributed by atoms with Crippen LogP contribution < -0.4 is 10.2 Å². The van der Waals surface area contributed by atoms with Crippen LogP contribution in [0.5, 0.6) is 0 Å². The Morgan fingerprint density at radius 2 is 1.83 bits per heavy atom. The summed E-state index contributed by atoms with van der Waals surface area (Å²) in [7, 11) is 4.29. The number of benzene rings is 2. The molecule has 0 saturated carbocycles. The standard InChI is InChI=1S/C23H23ClN4S/c1-15-8-10-16(11-9-15)18-13-29-23-21(18)22(26-14-27-23)25-12-20(28(2)3)17-6-4-5-7-19(17)24/h4-11,13-14,20H,12H2,1-3H3,(H,25,26,27)/p+1/t20-/m1/s1. The van der Waals surface area contributed by atoms with E-state index in [0.717, 1.165) is 33.2 Å². The first kappa shape index (κ1) is 19.8. The number of quaternary nitrogens is 1. The fourth-order valence-electron chi connectivity index (χ4n) is 3.54. The van der Waals surface area contributed by atoms with E-state index < -0.39 is 0 Å². The van der Waals surface area contributed by atoms with Crippen LogP contribution >= 0.6 is 22.9 Å². The van der Waals surface area contributed by atoms with E-state index in [2.05, 4.69) is 72.0 Å². The average Bonchev–Trinajstić information content (AvgIpc) is 3.15. The van der Waals surface area contributed by atoms with Crippen molar-refractivity contribution in [2.45, 2.75) is 13.0 Å². The number of fused-ring (bicyclic) bond motifs is 1. The van der Waals surface area contributed by atoms with Gasteiger partial charge in [-0.05, 0) is 18.6 Å². The Morgan fingerprint density at radius 3 is 2.55 bits per heavy atom. The van der Waals surface area contributed by atoms with E-state index in [1.165, 1.54) is 21.6 Å². The molecule has 0 unspecified atom stereocenters. The van der Waals surface area contributed by atoms with Gasteiger partial charge < -0.3 is 10.2 Å². The zero-order valence-electron chi connectivity index (χ0n) is 16.7. The molecule has 4 aromatic rings. The van der Waals surface area contributed by atoms with Gasteiger partial charge in [-0.3, -0.25) is 0 Å². The summed E-state index contributed by atoms with van der Waals surface area (Å²) in [5.74, 6) is 0.866. The van der Waals surface area contributed by atoms with Gasteiger partial charge in [0.2, 0.25) is 0 Å². The molecule has 0 aliphatic rings. The third-order valence-electron chi connectivity index (χ3n) is 5.18. The number of nitrogens with one attached hydrogen (secondary N) is 2. The molecule has 4 nitrogen and oxygen atoms in total. The summed E-state index contributed by atoms with van der Waals surface area (Å²) in [4.78, 5) is 11.3. The van der Waals surface area contributed by atoms with Crippen molar-refractivity contribution in [3.63, 3.8) is 0 Å². The molecule has 6 heteroatoms. The zero-order valence-corrected chi connectivity index (χ0v) is 18.3. The van der Waals surface area contributed by atoms with E-state index in [1.54, 1.807) is 17.7 Å². The molecule has 0 aliphatic carbocycles. The van der Waals surface area contributed by atoms with Crippen molar-refractivity contribution in [2.24, 2.45) is 0 Å². The summed E-state index contributed by atoms with van der Waals surface area (Å²) in [5, 5.41) is 7.62. The quantitative estimate of drug-likeness (QED) is 0.475. The molecular formula is C23H24ClN4S+. The van der Waals surface area contributed by atoms with Crippen molar-refractivity contribution in [3.8, 4) is 11.1 Å². The monoisotopic (exact) mass is 423 g/mol. The van der Waals surface area contributed by atoms with Crippen molar-refractivity contribution in [1.82, 2.24) is 9.97 Å². The van der Waals surface area contributed by atoms with Gasteiger partial charge in [-0.2, -0.15) is 0 Å². The average molecular weight is 424 g/mol. The van der Waals surface area contributed by atoms with E-state index in [-0.39, 0.29) is 6.04 Å². The van der Waals surface area contributed by atoms with Gasteiger partial charge in [0.25, 0.3) is 0 Å². The SMILES string of the molecule is Cc1ccc(-c2csc3ncnc(NC[C@H](c4ccccc4Cl)[NH+](C)C)c23)cc1. The second kappa shape index (κ2) is 8.49. The topological polar surface area (TPSA) is 42.2 Å². The summed E-state index contributed by atoms with van der Waals surface area (Å²) in [6.45, 7) is 2.82. The Labute approximate surface area is 180 Å². The van der Waals surface area contributed by atoms with Crippen LogP contribution in [0.15, 0.2) is 60.2 Å². The minimum atomic E-state index is 0.204. The van der Waals surface area contributed by atoms with E-state index in [1.807, 2.05) is 18.2 Å². The van der Waals surface area contributed by atoms with Crippen LogP contribution in [0.4, 0.5) is 5.82 Å². The van der Waals surface area contributed by atoms with Crippen LogP contribution in [0.2, 0.25) is 5.02 Å². The molecule has 29 heavy (non-hydrogen) atoms. The van der Waals surface area contributed by atoms with Gasteiger partial charge >= 0.3 is 0 Å². The first-order valence-electron chi connectivity index (χ1n) is 9.62. The molecule has 0 saturated heterocycles. The Hall–Kier alpha value is -2.47. The second-order valence-corrected chi connectivity index (χ2v) is 8.72. The fourth-order valence-corrected chi connectivity index (χ4v) is 4.72. The van der Waals surface area contributed by atoms with Crippen LogP contribution in [0.25, 0.3) is 21.3 Å². The smallest absolute Gasteiger partial charge is 0.139 e. The largest absolute Gasteiger partial charge is 0.363 e. The number of hydrogen-bond donors (Lipinski definition) is 2. The lowest BCUT2D eigenvalue weighted by Crippen LogP contribution is -3.06. The van der Waals surface area contributed by atoms with Gasteiger partial charge in [0.05, 0.1) is 26.0 Å². The van der Waals surface area contributed by atoms with Gasteiger partial charge in [-0.15, -0.1) is 11.3 Å². The summed E-state index contributed by atoms with van der Waals surface area (Å²) in [6, 6.07) is 16.8. The number of halogens is 1. The van der Waals surface area contributed by atoms with Crippen molar-refractivity contribution < 1.29 is 4.90 Å². The molecule has 2 heterocycles. The predicted octanol–water partition coefficient (Wildman–Crippen LogP) is 4.62. The number of nitrogens with zero attached hydrogens (tertiary/aromatic N) is 2. The Kier molecular flexibility index (Phi) is 5.81. The lowest BCUT2D eigenvalue weighted by molar-refractivity contribution is -0.890. The minimum absolute atomic E-state index is 0.204. The number of hydrogen-bond acceptors (Lipinski definition) is 4. The van der Waals surface area contributed by atoms with E-state index in [9.17, 15) is 0 Å². The molecule has 0 fully saturated rings. The molecule has 0 aliphatic heterocycles. The molecule has 0 radical (unpaired) electrons. The molecule has 2 aromatic heterocycles. The maximum Gasteiger partial charge on any atom is 0.139 e. The Morgan fingerprint density at radius 1 is 1.07 bits per heavy atom. The van der Waals surface area contributed by atoms with Crippen molar-refractivity contribution in [1.29, 1.82) is 0 Å². The second-order valence-electron chi connectivity index (χ2n) is 7.45. The highest BCUT2D eigenvalue weighted by molar-refractivity contribution is 7.17.